The topological polar surface area (TPSA) is 64.7 Å². The fraction of sp³-hybridized carbons (Fsp3) is 0.190. The Morgan fingerprint density at radius 3 is 2.74 bits per heavy atom. The molecule has 4 aromatic rings. The van der Waals surface area contributed by atoms with Gasteiger partial charge in [0.2, 0.25) is 5.91 Å². The summed E-state index contributed by atoms with van der Waals surface area (Å²) in [6.07, 6.45) is 6.82. The van der Waals surface area contributed by atoms with Gasteiger partial charge in [0.1, 0.15) is 0 Å². The SMILES string of the molecule is O=C(CCn1cnc2ccccc21)NCCc1cnn(-c2ccccc2)c1. The lowest BCUT2D eigenvalue weighted by molar-refractivity contribution is -0.121. The van der Waals surface area contributed by atoms with Crippen LogP contribution in [0.3, 0.4) is 0 Å². The van der Waals surface area contributed by atoms with Gasteiger partial charge in [-0.15, -0.1) is 0 Å². The van der Waals surface area contributed by atoms with Crippen LogP contribution in [-0.2, 0) is 17.8 Å². The van der Waals surface area contributed by atoms with Crippen molar-refractivity contribution < 1.29 is 4.79 Å². The number of carbonyl (C=O) groups excluding carboxylic acids is 1. The van der Waals surface area contributed by atoms with Gasteiger partial charge in [0.05, 0.1) is 29.2 Å². The summed E-state index contributed by atoms with van der Waals surface area (Å²) in [6, 6.07) is 17.9. The number of hydrogen-bond acceptors (Lipinski definition) is 3. The van der Waals surface area contributed by atoms with Crippen LogP contribution in [0.4, 0.5) is 0 Å². The van der Waals surface area contributed by atoms with Crippen LogP contribution in [0, 0.1) is 0 Å². The second-order valence-electron chi connectivity index (χ2n) is 6.41. The molecule has 0 aliphatic rings. The van der Waals surface area contributed by atoms with Crippen LogP contribution >= 0.6 is 0 Å². The van der Waals surface area contributed by atoms with E-state index in [-0.39, 0.29) is 5.91 Å². The van der Waals surface area contributed by atoms with E-state index >= 15 is 0 Å². The molecule has 6 heteroatoms. The van der Waals surface area contributed by atoms with Crippen LogP contribution in [-0.4, -0.2) is 31.8 Å². The first-order valence-electron chi connectivity index (χ1n) is 9.05. The van der Waals surface area contributed by atoms with Crippen molar-refractivity contribution in [1.29, 1.82) is 0 Å². The van der Waals surface area contributed by atoms with E-state index in [0.717, 1.165) is 28.7 Å². The molecule has 2 aromatic carbocycles. The smallest absolute Gasteiger partial charge is 0.221 e. The Hall–Kier alpha value is -3.41. The van der Waals surface area contributed by atoms with Gasteiger partial charge in [-0.3, -0.25) is 4.79 Å². The highest BCUT2D eigenvalue weighted by Crippen LogP contribution is 2.12. The molecule has 27 heavy (non-hydrogen) atoms. The highest BCUT2D eigenvalue weighted by atomic mass is 16.1. The van der Waals surface area contributed by atoms with Gasteiger partial charge in [-0.1, -0.05) is 30.3 Å². The highest BCUT2D eigenvalue weighted by Gasteiger charge is 2.06. The molecule has 1 N–H and O–H groups in total. The number of carbonyl (C=O) groups is 1. The molecule has 1 amide bonds. The van der Waals surface area contributed by atoms with Crippen LogP contribution in [0.25, 0.3) is 16.7 Å². The van der Waals surface area contributed by atoms with Crippen molar-refractivity contribution in [3.8, 4) is 5.69 Å². The summed E-state index contributed by atoms with van der Waals surface area (Å²) in [5.41, 5.74) is 4.13. The third kappa shape index (κ3) is 4.06. The van der Waals surface area contributed by atoms with Crippen molar-refractivity contribution >= 4 is 16.9 Å². The molecule has 2 heterocycles. The Bertz CT molecular complexity index is 1030. The Morgan fingerprint density at radius 1 is 1.04 bits per heavy atom. The Labute approximate surface area is 157 Å². The first-order valence-corrected chi connectivity index (χ1v) is 9.05. The molecule has 0 bridgehead atoms. The maximum Gasteiger partial charge on any atom is 0.221 e. The number of amides is 1. The molecular formula is C21H21N5O. The van der Waals surface area contributed by atoms with Crippen LogP contribution in [0.1, 0.15) is 12.0 Å². The monoisotopic (exact) mass is 359 g/mol. The van der Waals surface area contributed by atoms with E-state index in [1.807, 2.05) is 76.2 Å². The zero-order valence-corrected chi connectivity index (χ0v) is 15.0. The summed E-state index contributed by atoms with van der Waals surface area (Å²) in [4.78, 5) is 16.5. The van der Waals surface area contributed by atoms with Crippen molar-refractivity contribution in [1.82, 2.24) is 24.6 Å². The van der Waals surface area contributed by atoms with Gasteiger partial charge in [-0.05, 0) is 36.2 Å². The number of aromatic nitrogens is 4. The minimum Gasteiger partial charge on any atom is -0.356 e. The fourth-order valence-corrected chi connectivity index (χ4v) is 3.06. The van der Waals surface area contributed by atoms with E-state index in [0.29, 0.717) is 19.5 Å². The lowest BCUT2D eigenvalue weighted by Crippen LogP contribution is -2.26. The predicted octanol–water partition coefficient (Wildman–Crippen LogP) is 2.97. The minimum atomic E-state index is 0.0447. The Morgan fingerprint density at radius 2 is 1.85 bits per heavy atom. The fourth-order valence-electron chi connectivity index (χ4n) is 3.06. The molecule has 0 aliphatic carbocycles. The number of benzene rings is 2. The van der Waals surface area contributed by atoms with Crippen molar-refractivity contribution in [2.45, 2.75) is 19.4 Å². The van der Waals surface area contributed by atoms with Gasteiger partial charge in [0, 0.05) is 25.7 Å². The summed E-state index contributed by atoms with van der Waals surface area (Å²) in [5.74, 6) is 0.0447. The Balaban J connectivity index is 1.25. The molecule has 0 saturated heterocycles. The minimum absolute atomic E-state index is 0.0447. The number of rotatable bonds is 7. The molecule has 0 saturated carbocycles. The molecule has 4 rings (SSSR count). The average Bonchev–Trinajstić information content (AvgIpc) is 3.34. The van der Waals surface area contributed by atoms with Crippen LogP contribution < -0.4 is 5.32 Å². The number of aryl methyl sites for hydroxylation is 1. The normalized spacial score (nSPS) is 11.0. The van der Waals surface area contributed by atoms with Gasteiger partial charge in [-0.25, -0.2) is 9.67 Å². The van der Waals surface area contributed by atoms with Gasteiger partial charge < -0.3 is 9.88 Å². The third-order valence-electron chi connectivity index (χ3n) is 4.50. The molecule has 6 nitrogen and oxygen atoms in total. The van der Waals surface area contributed by atoms with E-state index in [2.05, 4.69) is 15.4 Å². The molecule has 0 atom stereocenters. The standard InChI is InChI=1S/C21H21N5O/c27-21(11-13-25-16-23-19-8-4-5-9-20(19)25)22-12-10-17-14-24-26(15-17)18-6-2-1-3-7-18/h1-9,14-16H,10-13H2,(H,22,27). The number of hydrogen-bond donors (Lipinski definition) is 1. The van der Waals surface area contributed by atoms with E-state index < -0.39 is 0 Å². The number of nitrogens with one attached hydrogen (secondary N) is 1. The van der Waals surface area contributed by atoms with Gasteiger partial charge in [-0.2, -0.15) is 5.10 Å². The number of fused-ring (bicyclic) bond motifs is 1. The number of nitrogens with zero attached hydrogens (tertiary/aromatic N) is 4. The van der Waals surface area contributed by atoms with Gasteiger partial charge in [0.25, 0.3) is 0 Å². The summed E-state index contributed by atoms with van der Waals surface area (Å²) in [6.45, 7) is 1.22. The first-order chi connectivity index (χ1) is 13.3. The summed E-state index contributed by atoms with van der Waals surface area (Å²) in [7, 11) is 0. The molecule has 0 radical (unpaired) electrons. The quantitative estimate of drug-likeness (QED) is 0.552. The second kappa shape index (κ2) is 7.86. The van der Waals surface area contributed by atoms with E-state index in [1.165, 1.54) is 0 Å². The predicted molar refractivity (Wildman–Crippen MR) is 105 cm³/mol. The lowest BCUT2D eigenvalue weighted by atomic mass is 10.2. The number of imidazole rings is 1. The van der Waals surface area contributed by atoms with Gasteiger partial charge in [0.15, 0.2) is 0 Å². The molecule has 0 unspecified atom stereocenters. The molecule has 0 fully saturated rings. The Kier molecular flexibility index (Phi) is 4.96. The highest BCUT2D eigenvalue weighted by molar-refractivity contribution is 5.77. The average molecular weight is 359 g/mol. The zero-order chi connectivity index (χ0) is 18.5. The van der Waals surface area contributed by atoms with E-state index in [1.54, 1.807) is 6.33 Å². The van der Waals surface area contributed by atoms with Crippen molar-refractivity contribution in [2.75, 3.05) is 6.54 Å². The van der Waals surface area contributed by atoms with Gasteiger partial charge >= 0.3 is 0 Å². The largest absolute Gasteiger partial charge is 0.356 e. The summed E-state index contributed by atoms with van der Waals surface area (Å²) >= 11 is 0. The third-order valence-corrected chi connectivity index (χ3v) is 4.50. The van der Waals surface area contributed by atoms with E-state index in [4.69, 9.17) is 0 Å². The summed E-state index contributed by atoms with van der Waals surface area (Å²) in [5, 5.41) is 7.36. The van der Waals surface area contributed by atoms with Crippen molar-refractivity contribution in [3.05, 3.63) is 78.9 Å². The molecule has 2 aromatic heterocycles. The van der Waals surface area contributed by atoms with Crippen LogP contribution in [0.2, 0.25) is 0 Å². The maximum atomic E-state index is 12.1. The lowest BCUT2D eigenvalue weighted by Gasteiger charge is -2.06. The molecular weight excluding hydrogens is 338 g/mol. The molecule has 136 valence electrons. The van der Waals surface area contributed by atoms with E-state index in [9.17, 15) is 4.79 Å². The molecule has 0 aliphatic heterocycles. The van der Waals surface area contributed by atoms with Crippen molar-refractivity contribution in [2.24, 2.45) is 0 Å². The second-order valence-corrected chi connectivity index (χ2v) is 6.41. The van der Waals surface area contributed by atoms with Crippen LogP contribution in [0.15, 0.2) is 73.3 Å². The number of para-hydroxylation sites is 3. The molecule has 0 spiro atoms. The van der Waals surface area contributed by atoms with Crippen molar-refractivity contribution in [3.63, 3.8) is 0 Å². The summed E-state index contributed by atoms with van der Waals surface area (Å²) < 4.78 is 3.86. The maximum absolute atomic E-state index is 12.1. The first kappa shape index (κ1) is 17.0. The van der Waals surface area contributed by atoms with Crippen LogP contribution in [0.5, 0.6) is 0 Å². The zero-order valence-electron chi connectivity index (χ0n) is 15.0.